The monoisotopic (exact) mass is 272 g/mol. The Morgan fingerprint density at radius 2 is 2.35 bits per heavy atom. The number of nitrogens with zero attached hydrogens (tertiary/aromatic N) is 3. The molecule has 1 saturated carbocycles. The molecule has 1 fully saturated rings. The molecule has 2 aromatic heterocycles. The summed E-state index contributed by atoms with van der Waals surface area (Å²) in [6.07, 6.45) is 9.08. The molecular formula is C15H20N4O. The highest BCUT2D eigenvalue weighted by Crippen LogP contribution is 2.26. The number of hydrogen-bond donors (Lipinski definition) is 1. The largest absolute Gasteiger partial charge is 0.356 e. The van der Waals surface area contributed by atoms with Crippen LogP contribution in [0.3, 0.4) is 0 Å². The molecule has 0 saturated heterocycles. The lowest BCUT2D eigenvalue weighted by atomic mass is 9.85. The van der Waals surface area contributed by atoms with Gasteiger partial charge in [0.15, 0.2) is 5.65 Å². The van der Waals surface area contributed by atoms with E-state index in [4.69, 9.17) is 0 Å². The van der Waals surface area contributed by atoms with Crippen LogP contribution in [0.5, 0.6) is 0 Å². The van der Waals surface area contributed by atoms with E-state index in [1.165, 1.54) is 6.42 Å². The maximum atomic E-state index is 11.7. The van der Waals surface area contributed by atoms with Crippen molar-refractivity contribution in [2.24, 2.45) is 5.92 Å². The van der Waals surface area contributed by atoms with E-state index in [-0.39, 0.29) is 11.8 Å². The molecule has 0 aliphatic heterocycles. The lowest BCUT2D eigenvalue weighted by Crippen LogP contribution is -2.35. The minimum atomic E-state index is 0.229. The van der Waals surface area contributed by atoms with Crippen LogP contribution in [0.25, 0.3) is 5.65 Å². The van der Waals surface area contributed by atoms with Gasteiger partial charge in [-0.1, -0.05) is 6.42 Å². The van der Waals surface area contributed by atoms with Crippen molar-refractivity contribution in [1.82, 2.24) is 19.9 Å². The summed E-state index contributed by atoms with van der Waals surface area (Å²) in [7, 11) is 0. The Morgan fingerprint density at radius 3 is 3.10 bits per heavy atom. The summed E-state index contributed by atoms with van der Waals surface area (Å²) in [5, 5.41) is 7.37. The van der Waals surface area contributed by atoms with Crippen molar-refractivity contribution >= 4 is 11.6 Å². The van der Waals surface area contributed by atoms with Gasteiger partial charge in [0.25, 0.3) is 0 Å². The highest BCUT2D eigenvalue weighted by Gasteiger charge is 2.24. The van der Waals surface area contributed by atoms with E-state index in [1.54, 1.807) is 0 Å². The van der Waals surface area contributed by atoms with E-state index in [9.17, 15) is 4.79 Å². The zero-order chi connectivity index (χ0) is 13.9. The Balaban J connectivity index is 1.48. The fourth-order valence-electron chi connectivity index (χ4n) is 2.48. The van der Waals surface area contributed by atoms with Gasteiger partial charge >= 0.3 is 0 Å². The first-order valence-corrected chi connectivity index (χ1v) is 7.31. The van der Waals surface area contributed by atoms with E-state index in [0.29, 0.717) is 0 Å². The fourth-order valence-corrected chi connectivity index (χ4v) is 2.48. The van der Waals surface area contributed by atoms with Crippen LogP contribution in [0.4, 0.5) is 0 Å². The molecule has 20 heavy (non-hydrogen) atoms. The molecule has 1 amide bonds. The van der Waals surface area contributed by atoms with Gasteiger partial charge in [0.2, 0.25) is 5.91 Å². The number of aryl methyl sites for hydroxylation is 2. The standard InChI is InChI=1S/C15H20N4O/c1-11-8-14-17-9-12(10-19(14)18-11)4-3-7-16-15(20)13-5-2-6-13/h8-10,13H,2-7H2,1H3,(H,16,20). The molecule has 0 radical (unpaired) electrons. The fraction of sp³-hybridized carbons (Fsp3) is 0.533. The SMILES string of the molecule is Cc1cc2ncc(CCCNC(=O)C3CCC3)cn2n1. The molecule has 1 N–H and O–H groups in total. The number of hydrogen-bond acceptors (Lipinski definition) is 3. The number of carbonyl (C=O) groups excluding carboxylic acids is 1. The molecule has 0 spiro atoms. The quantitative estimate of drug-likeness (QED) is 0.846. The van der Waals surface area contributed by atoms with Crippen LogP contribution < -0.4 is 5.32 Å². The van der Waals surface area contributed by atoms with Crippen LogP contribution >= 0.6 is 0 Å². The maximum absolute atomic E-state index is 11.7. The van der Waals surface area contributed by atoms with Crippen LogP contribution in [-0.4, -0.2) is 27.0 Å². The molecule has 0 bridgehead atoms. The van der Waals surface area contributed by atoms with Crippen LogP contribution in [0.2, 0.25) is 0 Å². The van der Waals surface area contributed by atoms with Crippen molar-refractivity contribution in [2.75, 3.05) is 6.54 Å². The number of amides is 1. The molecule has 2 aromatic rings. The first-order valence-electron chi connectivity index (χ1n) is 7.31. The predicted molar refractivity (Wildman–Crippen MR) is 76.4 cm³/mol. The third-order valence-electron chi connectivity index (χ3n) is 3.91. The van der Waals surface area contributed by atoms with Crippen LogP contribution in [0, 0.1) is 12.8 Å². The van der Waals surface area contributed by atoms with Gasteiger partial charge in [0, 0.05) is 30.9 Å². The molecule has 0 atom stereocenters. The van der Waals surface area contributed by atoms with Gasteiger partial charge in [0.05, 0.1) is 5.69 Å². The average molecular weight is 272 g/mol. The Labute approximate surface area is 118 Å². The summed E-state index contributed by atoms with van der Waals surface area (Å²) in [5.74, 6) is 0.507. The third kappa shape index (κ3) is 2.81. The Kier molecular flexibility index (Phi) is 3.67. The molecule has 2 heterocycles. The van der Waals surface area contributed by atoms with Crippen molar-refractivity contribution < 1.29 is 4.79 Å². The molecule has 0 aromatic carbocycles. The maximum Gasteiger partial charge on any atom is 0.223 e. The highest BCUT2D eigenvalue weighted by molar-refractivity contribution is 5.79. The molecule has 1 aliphatic carbocycles. The van der Waals surface area contributed by atoms with Crippen molar-refractivity contribution in [2.45, 2.75) is 39.0 Å². The summed E-state index contributed by atoms with van der Waals surface area (Å²) in [4.78, 5) is 16.1. The van der Waals surface area contributed by atoms with Crippen molar-refractivity contribution in [3.05, 3.63) is 29.7 Å². The first kappa shape index (κ1) is 13.1. The van der Waals surface area contributed by atoms with E-state index in [1.807, 2.05) is 29.9 Å². The normalized spacial score (nSPS) is 15.2. The van der Waals surface area contributed by atoms with Crippen molar-refractivity contribution in [3.8, 4) is 0 Å². The number of aromatic nitrogens is 3. The highest BCUT2D eigenvalue weighted by atomic mass is 16.1. The van der Waals surface area contributed by atoms with Crippen LogP contribution in [-0.2, 0) is 11.2 Å². The van der Waals surface area contributed by atoms with Gasteiger partial charge in [-0.05, 0) is 38.2 Å². The number of rotatable bonds is 5. The Morgan fingerprint density at radius 1 is 1.50 bits per heavy atom. The van der Waals surface area contributed by atoms with Gasteiger partial charge in [-0.3, -0.25) is 4.79 Å². The van der Waals surface area contributed by atoms with E-state index < -0.39 is 0 Å². The molecular weight excluding hydrogens is 252 g/mol. The van der Waals surface area contributed by atoms with Crippen molar-refractivity contribution in [1.29, 1.82) is 0 Å². The summed E-state index contributed by atoms with van der Waals surface area (Å²) in [6, 6.07) is 1.96. The van der Waals surface area contributed by atoms with Crippen LogP contribution in [0.15, 0.2) is 18.5 Å². The van der Waals surface area contributed by atoms with Crippen molar-refractivity contribution in [3.63, 3.8) is 0 Å². The van der Waals surface area contributed by atoms with Gasteiger partial charge in [-0.15, -0.1) is 0 Å². The first-order chi connectivity index (χ1) is 9.72. The second-order valence-electron chi connectivity index (χ2n) is 5.57. The summed E-state index contributed by atoms with van der Waals surface area (Å²) in [5.41, 5.74) is 3.01. The van der Waals surface area contributed by atoms with Gasteiger partial charge in [-0.2, -0.15) is 5.10 Å². The molecule has 0 unspecified atom stereocenters. The van der Waals surface area contributed by atoms with E-state index in [0.717, 1.165) is 49.1 Å². The van der Waals surface area contributed by atoms with Gasteiger partial charge < -0.3 is 5.32 Å². The zero-order valence-corrected chi connectivity index (χ0v) is 11.8. The van der Waals surface area contributed by atoms with E-state index >= 15 is 0 Å². The summed E-state index contributed by atoms with van der Waals surface area (Å²) < 4.78 is 1.82. The molecule has 5 heteroatoms. The minimum absolute atomic E-state index is 0.229. The van der Waals surface area contributed by atoms with Gasteiger partial charge in [-0.25, -0.2) is 9.50 Å². The Bertz CT molecular complexity index is 615. The second-order valence-corrected chi connectivity index (χ2v) is 5.57. The van der Waals surface area contributed by atoms with E-state index in [2.05, 4.69) is 15.4 Å². The number of nitrogens with one attached hydrogen (secondary N) is 1. The molecule has 106 valence electrons. The number of carbonyl (C=O) groups is 1. The van der Waals surface area contributed by atoms with Crippen LogP contribution in [0.1, 0.15) is 36.9 Å². The predicted octanol–water partition coefficient (Wildman–Crippen LogP) is 1.89. The molecule has 5 nitrogen and oxygen atoms in total. The molecule has 1 aliphatic rings. The number of fused-ring (bicyclic) bond motifs is 1. The summed E-state index contributed by atoms with van der Waals surface area (Å²) >= 11 is 0. The topological polar surface area (TPSA) is 59.3 Å². The summed E-state index contributed by atoms with van der Waals surface area (Å²) in [6.45, 7) is 2.70. The lowest BCUT2D eigenvalue weighted by Gasteiger charge is -2.23. The third-order valence-corrected chi connectivity index (χ3v) is 3.91. The van der Waals surface area contributed by atoms with Gasteiger partial charge in [0.1, 0.15) is 0 Å². The zero-order valence-electron chi connectivity index (χ0n) is 11.8. The Hall–Kier alpha value is -1.91. The smallest absolute Gasteiger partial charge is 0.223 e. The minimum Gasteiger partial charge on any atom is -0.356 e. The second kappa shape index (κ2) is 5.61. The lowest BCUT2D eigenvalue weighted by molar-refractivity contribution is -0.127. The average Bonchev–Trinajstić information content (AvgIpc) is 2.71. The molecule has 3 rings (SSSR count).